The van der Waals surface area contributed by atoms with Gasteiger partial charge in [0.05, 0.1) is 0 Å². The molecule has 0 aromatic heterocycles. The molecular weight excluding hydrogens is 138 g/mol. The third kappa shape index (κ3) is 1.15. The van der Waals surface area contributed by atoms with Crippen molar-refractivity contribution in [3.63, 3.8) is 0 Å². The van der Waals surface area contributed by atoms with Crippen LogP contribution in [0.3, 0.4) is 0 Å². The van der Waals surface area contributed by atoms with Crippen LogP contribution >= 0.6 is 0 Å². The maximum atomic E-state index is 11.0. The highest BCUT2D eigenvalue weighted by atomic mass is 16.1. The van der Waals surface area contributed by atoms with Gasteiger partial charge in [-0.1, -0.05) is 13.3 Å². The molecule has 0 bridgehead atoms. The van der Waals surface area contributed by atoms with Crippen molar-refractivity contribution in [3.8, 4) is 0 Å². The fourth-order valence-corrected chi connectivity index (χ4v) is 2.32. The van der Waals surface area contributed by atoms with Crippen LogP contribution in [0.15, 0.2) is 0 Å². The van der Waals surface area contributed by atoms with Gasteiger partial charge in [-0.25, -0.2) is 0 Å². The molecule has 1 amide bonds. The van der Waals surface area contributed by atoms with Crippen LogP contribution in [-0.4, -0.2) is 11.9 Å². The summed E-state index contributed by atoms with van der Waals surface area (Å²) < 4.78 is 0. The van der Waals surface area contributed by atoms with E-state index in [0.717, 1.165) is 11.8 Å². The van der Waals surface area contributed by atoms with E-state index in [1.54, 1.807) is 0 Å². The van der Waals surface area contributed by atoms with E-state index in [-0.39, 0.29) is 5.91 Å². The first-order valence-corrected chi connectivity index (χ1v) is 4.62. The van der Waals surface area contributed by atoms with Gasteiger partial charge in [0.2, 0.25) is 5.91 Å². The molecule has 2 aliphatic carbocycles. The number of carbonyl (C=O) groups is 1. The Bertz CT molecular complexity index is 168. The largest absolute Gasteiger partial charge is 0.353 e. The molecule has 2 saturated carbocycles. The third-order valence-corrected chi connectivity index (χ3v) is 3.06. The monoisotopic (exact) mass is 153 g/mol. The Balaban J connectivity index is 1.79. The third-order valence-electron chi connectivity index (χ3n) is 3.06. The quantitative estimate of drug-likeness (QED) is 0.636. The molecule has 0 aliphatic heterocycles. The lowest BCUT2D eigenvalue weighted by Gasteiger charge is -2.04. The predicted octanol–water partition coefficient (Wildman–Crippen LogP) is 1.31. The minimum Gasteiger partial charge on any atom is -0.353 e. The van der Waals surface area contributed by atoms with E-state index < -0.39 is 0 Å². The summed E-state index contributed by atoms with van der Waals surface area (Å²) in [6.07, 6.45) is 4.71. The number of amides is 1. The number of carbonyl (C=O) groups excluding carboxylic acids is 1. The van der Waals surface area contributed by atoms with Crippen molar-refractivity contribution in [1.29, 1.82) is 0 Å². The molecular formula is C9H15NO. The van der Waals surface area contributed by atoms with Crippen molar-refractivity contribution in [3.05, 3.63) is 0 Å². The van der Waals surface area contributed by atoms with Crippen molar-refractivity contribution >= 4 is 5.91 Å². The van der Waals surface area contributed by atoms with Crippen LogP contribution in [0.2, 0.25) is 0 Å². The average molecular weight is 153 g/mol. The molecule has 0 spiro atoms. The van der Waals surface area contributed by atoms with E-state index in [9.17, 15) is 4.79 Å². The summed E-state index contributed by atoms with van der Waals surface area (Å²) in [5.41, 5.74) is 0. The van der Waals surface area contributed by atoms with Gasteiger partial charge in [0.1, 0.15) is 0 Å². The van der Waals surface area contributed by atoms with Gasteiger partial charge in [0.25, 0.3) is 0 Å². The molecule has 62 valence electrons. The maximum absolute atomic E-state index is 11.0. The van der Waals surface area contributed by atoms with E-state index >= 15 is 0 Å². The van der Waals surface area contributed by atoms with Gasteiger partial charge in [-0.2, -0.15) is 0 Å². The Morgan fingerprint density at radius 2 is 2.09 bits per heavy atom. The highest BCUT2D eigenvalue weighted by Crippen LogP contribution is 2.51. The van der Waals surface area contributed by atoms with Gasteiger partial charge in [-0.15, -0.1) is 0 Å². The van der Waals surface area contributed by atoms with Gasteiger partial charge in [0, 0.05) is 12.5 Å². The lowest BCUT2D eigenvalue weighted by atomic mass is 10.2. The van der Waals surface area contributed by atoms with Crippen LogP contribution in [0.4, 0.5) is 0 Å². The Hall–Kier alpha value is -0.530. The topological polar surface area (TPSA) is 29.1 Å². The fourth-order valence-electron chi connectivity index (χ4n) is 2.32. The number of fused-ring (bicyclic) bond motifs is 1. The molecule has 1 N–H and O–H groups in total. The average Bonchev–Trinajstić information content (AvgIpc) is 2.52. The summed E-state index contributed by atoms with van der Waals surface area (Å²) in [6, 6.07) is 0.566. The van der Waals surface area contributed by atoms with Gasteiger partial charge >= 0.3 is 0 Å². The molecule has 0 saturated heterocycles. The standard InChI is InChI=1S/C9H15NO/c1-2-8(11)10-9-6-4-3-5-7(6)9/h6-7,9H,2-5H2,1H3,(H,10,11)/t6-,7+,9?. The van der Waals surface area contributed by atoms with Gasteiger partial charge in [-0.3, -0.25) is 4.79 Å². The van der Waals surface area contributed by atoms with Crippen LogP contribution in [0, 0.1) is 11.8 Å². The molecule has 11 heavy (non-hydrogen) atoms. The highest BCUT2D eigenvalue weighted by molar-refractivity contribution is 5.76. The molecule has 0 aromatic rings. The first-order valence-electron chi connectivity index (χ1n) is 4.62. The number of hydrogen-bond donors (Lipinski definition) is 1. The van der Waals surface area contributed by atoms with Crippen LogP contribution in [-0.2, 0) is 4.79 Å². The predicted molar refractivity (Wildman–Crippen MR) is 43.1 cm³/mol. The summed E-state index contributed by atoms with van der Waals surface area (Å²) in [5.74, 6) is 1.93. The van der Waals surface area contributed by atoms with Crippen molar-refractivity contribution < 1.29 is 4.79 Å². The normalized spacial score (nSPS) is 39.9. The fraction of sp³-hybridized carbons (Fsp3) is 0.889. The van der Waals surface area contributed by atoms with Crippen molar-refractivity contribution in [1.82, 2.24) is 5.32 Å². The zero-order valence-corrected chi connectivity index (χ0v) is 6.97. The Kier molecular flexibility index (Phi) is 1.63. The summed E-state index contributed by atoms with van der Waals surface area (Å²) in [6.45, 7) is 1.91. The first-order chi connectivity index (χ1) is 5.33. The van der Waals surface area contributed by atoms with Crippen molar-refractivity contribution in [2.24, 2.45) is 11.8 Å². The zero-order valence-electron chi connectivity index (χ0n) is 6.97. The van der Waals surface area contributed by atoms with E-state index in [2.05, 4.69) is 5.32 Å². The molecule has 3 atom stereocenters. The van der Waals surface area contributed by atoms with Gasteiger partial charge in [0.15, 0.2) is 0 Å². The zero-order chi connectivity index (χ0) is 7.84. The van der Waals surface area contributed by atoms with E-state index in [0.29, 0.717) is 12.5 Å². The smallest absolute Gasteiger partial charge is 0.219 e. The number of hydrogen-bond acceptors (Lipinski definition) is 1. The molecule has 2 fully saturated rings. The lowest BCUT2D eigenvalue weighted by Crippen LogP contribution is -2.27. The Labute approximate surface area is 67.4 Å². The second kappa shape index (κ2) is 2.50. The molecule has 0 aromatic carbocycles. The van der Waals surface area contributed by atoms with Gasteiger partial charge < -0.3 is 5.32 Å². The van der Waals surface area contributed by atoms with E-state index in [1.807, 2.05) is 6.92 Å². The molecule has 2 nitrogen and oxygen atoms in total. The van der Waals surface area contributed by atoms with Gasteiger partial charge in [-0.05, 0) is 24.7 Å². The minimum atomic E-state index is 0.226. The minimum absolute atomic E-state index is 0.226. The lowest BCUT2D eigenvalue weighted by molar-refractivity contribution is -0.121. The molecule has 2 rings (SSSR count). The SMILES string of the molecule is CCC(=O)NC1[C@H]2CCC[C@@H]12. The highest BCUT2D eigenvalue weighted by Gasteiger charge is 2.52. The van der Waals surface area contributed by atoms with Crippen LogP contribution in [0.5, 0.6) is 0 Å². The van der Waals surface area contributed by atoms with Crippen molar-refractivity contribution in [2.45, 2.75) is 38.6 Å². The molecule has 0 radical (unpaired) electrons. The van der Waals surface area contributed by atoms with Crippen LogP contribution in [0.1, 0.15) is 32.6 Å². The van der Waals surface area contributed by atoms with Crippen LogP contribution in [0.25, 0.3) is 0 Å². The van der Waals surface area contributed by atoms with Crippen molar-refractivity contribution in [2.75, 3.05) is 0 Å². The Morgan fingerprint density at radius 1 is 1.45 bits per heavy atom. The van der Waals surface area contributed by atoms with E-state index in [1.165, 1.54) is 19.3 Å². The molecule has 2 aliphatic rings. The Morgan fingerprint density at radius 3 is 2.64 bits per heavy atom. The summed E-state index contributed by atoms with van der Waals surface area (Å²) in [7, 11) is 0. The number of nitrogens with one attached hydrogen (secondary N) is 1. The van der Waals surface area contributed by atoms with Crippen LogP contribution < -0.4 is 5.32 Å². The molecule has 0 heterocycles. The molecule has 1 unspecified atom stereocenters. The van der Waals surface area contributed by atoms with E-state index in [4.69, 9.17) is 0 Å². The maximum Gasteiger partial charge on any atom is 0.219 e. The second-order valence-corrected chi connectivity index (χ2v) is 3.71. The summed E-state index contributed by atoms with van der Waals surface area (Å²) in [5, 5.41) is 3.07. The molecule has 2 heteroatoms. The first kappa shape index (κ1) is 7.14. The summed E-state index contributed by atoms with van der Waals surface area (Å²) in [4.78, 5) is 11.0. The number of rotatable bonds is 2. The summed E-state index contributed by atoms with van der Waals surface area (Å²) >= 11 is 0. The second-order valence-electron chi connectivity index (χ2n) is 3.71.